The summed E-state index contributed by atoms with van der Waals surface area (Å²) in [5, 5.41) is 20.6. The van der Waals surface area contributed by atoms with Gasteiger partial charge >= 0.3 is 0 Å². The van der Waals surface area contributed by atoms with Crippen LogP contribution in [0.3, 0.4) is 0 Å². The van der Waals surface area contributed by atoms with E-state index in [1.54, 1.807) is 10.8 Å². The number of benzene rings is 1. The lowest BCUT2D eigenvalue weighted by molar-refractivity contribution is 0.850. The van der Waals surface area contributed by atoms with Crippen molar-refractivity contribution in [1.29, 1.82) is 0 Å². The van der Waals surface area contributed by atoms with Gasteiger partial charge in [-0.3, -0.25) is 0 Å². The Bertz CT molecular complexity index is 1020. The topological polar surface area (TPSA) is 72.9 Å². The predicted molar refractivity (Wildman–Crippen MR) is 95.9 cm³/mol. The van der Waals surface area contributed by atoms with Crippen molar-refractivity contribution in [1.82, 2.24) is 29.6 Å². The third-order valence-corrected chi connectivity index (χ3v) is 4.41. The van der Waals surface area contributed by atoms with E-state index in [0.29, 0.717) is 0 Å². The second-order valence-electron chi connectivity index (χ2n) is 6.10. The minimum atomic E-state index is 0.0680. The number of hydrogen-bond donors (Lipinski definition) is 1. The largest absolute Gasteiger partial charge is 0.375 e. The third kappa shape index (κ3) is 2.73. The summed E-state index contributed by atoms with van der Waals surface area (Å²) in [5.41, 5.74) is 5.83. The molecule has 0 saturated carbocycles. The van der Waals surface area contributed by atoms with Gasteiger partial charge in [-0.25, -0.2) is 4.68 Å². The number of para-hydroxylation sites is 1. The smallest absolute Gasteiger partial charge is 0.200 e. The van der Waals surface area contributed by atoms with Gasteiger partial charge in [0.05, 0.1) is 29.3 Å². The highest BCUT2D eigenvalue weighted by molar-refractivity contribution is 5.71. The fraction of sp³-hybridized carbons (Fsp3) is 0.222. The van der Waals surface area contributed by atoms with Crippen molar-refractivity contribution >= 4 is 11.3 Å². The Hall–Kier alpha value is -3.22. The SMILES string of the molecule is Cc1nn2cnnc2c(NC(C)c2cnn(-c3ccccc3)c2)c1C. The molecule has 7 nitrogen and oxygen atoms in total. The van der Waals surface area contributed by atoms with Gasteiger partial charge in [0, 0.05) is 11.8 Å². The quantitative estimate of drug-likeness (QED) is 0.621. The Morgan fingerprint density at radius 2 is 1.92 bits per heavy atom. The third-order valence-electron chi connectivity index (χ3n) is 4.41. The standard InChI is InChI=1S/C18H19N7/c1-12-13(2)23-25-11-19-22-18(25)17(12)21-14(3)15-9-20-24(10-15)16-7-5-4-6-8-16/h4-11,14,21H,1-3H3. The predicted octanol–water partition coefficient (Wildman–Crippen LogP) is 3.10. The van der Waals surface area contributed by atoms with Gasteiger partial charge in [-0.1, -0.05) is 18.2 Å². The molecule has 126 valence electrons. The number of fused-ring (bicyclic) bond motifs is 1. The first-order valence-corrected chi connectivity index (χ1v) is 8.17. The molecule has 0 bridgehead atoms. The molecule has 1 aromatic carbocycles. The minimum absolute atomic E-state index is 0.0680. The lowest BCUT2D eigenvalue weighted by Crippen LogP contribution is -2.11. The van der Waals surface area contributed by atoms with Crippen LogP contribution in [-0.2, 0) is 0 Å². The Morgan fingerprint density at radius 1 is 1.12 bits per heavy atom. The van der Waals surface area contributed by atoms with E-state index in [1.165, 1.54) is 0 Å². The van der Waals surface area contributed by atoms with E-state index < -0.39 is 0 Å². The summed E-state index contributed by atoms with van der Waals surface area (Å²) in [7, 11) is 0. The van der Waals surface area contributed by atoms with Crippen LogP contribution in [0.4, 0.5) is 5.69 Å². The molecule has 1 N–H and O–H groups in total. The van der Waals surface area contributed by atoms with Crippen LogP contribution < -0.4 is 5.32 Å². The molecule has 0 aliphatic carbocycles. The van der Waals surface area contributed by atoms with E-state index in [1.807, 2.05) is 61.3 Å². The molecule has 3 heterocycles. The van der Waals surface area contributed by atoms with Gasteiger partial charge in [0.25, 0.3) is 0 Å². The number of hydrogen-bond acceptors (Lipinski definition) is 5. The average Bonchev–Trinajstić information content (AvgIpc) is 3.29. The lowest BCUT2D eigenvalue weighted by atomic mass is 10.1. The van der Waals surface area contributed by atoms with Crippen LogP contribution in [0.15, 0.2) is 49.1 Å². The Kier molecular flexibility index (Phi) is 3.68. The highest BCUT2D eigenvalue weighted by atomic mass is 15.3. The van der Waals surface area contributed by atoms with E-state index in [9.17, 15) is 0 Å². The van der Waals surface area contributed by atoms with Gasteiger partial charge in [0.2, 0.25) is 5.65 Å². The average molecular weight is 333 g/mol. The highest BCUT2D eigenvalue weighted by Gasteiger charge is 2.16. The number of nitrogens with one attached hydrogen (secondary N) is 1. The lowest BCUT2D eigenvalue weighted by Gasteiger charge is -2.17. The van der Waals surface area contributed by atoms with Gasteiger partial charge in [-0.15, -0.1) is 10.2 Å². The molecular weight excluding hydrogens is 314 g/mol. The summed E-state index contributed by atoms with van der Waals surface area (Å²) in [4.78, 5) is 0. The Morgan fingerprint density at radius 3 is 2.72 bits per heavy atom. The summed E-state index contributed by atoms with van der Waals surface area (Å²) < 4.78 is 3.58. The molecule has 0 radical (unpaired) electrons. The summed E-state index contributed by atoms with van der Waals surface area (Å²) in [6, 6.07) is 10.1. The van der Waals surface area contributed by atoms with E-state index in [2.05, 4.69) is 32.6 Å². The van der Waals surface area contributed by atoms with Crippen LogP contribution in [0.5, 0.6) is 0 Å². The van der Waals surface area contributed by atoms with Crippen LogP contribution >= 0.6 is 0 Å². The maximum atomic E-state index is 4.47. The molecule has 0 fully saturated rings. The van der Waals surface area contributed by atoms with Crippen molar-refractivity contribution in [2.45, 2.75) is 26.8 Å². The summed E-state index contributed by atoms with van der Waals surface area (Å²) in [6.45, 7) is 6.13. The Balaban J connectivity index is 1.65. The molecule has 0 saturated heterocycles. The normalized spacial score (nSPS) is 12.4. The maximum Gasteiger partial charge on any atom is 0.200 e. The van der Waals surface area contributed by atoms with Crippen molar-refractivity contribution in [3.63, 3.8) is 0 Å². The van der Waals surface area contributed by atoms with Crippen LogP contribution in [0.1, 0.15) is 29.8 Å². The van der Waals surface area contributed by atoms with Crippen LogP contribution in [0.25, 0.3) is 11.3 Å². The van der Waals surface area contributed by atoms with Crippen molar-refractivity contribution in [2.24, 2.45) is 0 Å². The van der Waals surface area contributed by atoms with Gasteiger partial charge in [0.15, 0.2) is 0 Å². The first kappa shape index (κ1) is 15.3. The first-order valence-electron chi connectivity index (χ1n) is 8.17. The van der Waals surface area contributed by atoms with Crippen LogP contribution in [-0.4, -0.2) is 29.6 Å². The van der Waals surface area contributed by atoms with E-state index in [0.717, 1.165) is 33.8 Å². The molecular formula is C18H19N7. The number of aromatic nitrogens is 6. The molecule has 4 aromatic rings. The van der Waals surface area contributed by atoms with Crippen molar-refractivity contribution in [3.8, 4) is 5.69 Å². The second-order valence-corrected chi connectivity index (χ2v) is 6.10. The molecule has 25 heavy (non-hydrogen) atoms. The number of anilines is 1. The van der Waals surface area contributed by atoms with Gasteiger partial charge in [-0.05, 0) is 38.5 Å². The zero-order valence-corrected chi connectivity index (χ0v) is 14.4. The molecule has 1 atom stereocenters. The molecule has 1 unspecified atom stereocenters. The number of rotatable bonds is 4. The number of aryl methyl sites for hydroxylation is 1. The van der Waals surface area contributed by atoms with E-state index >= 15 is 0 Å². The van der Waals surface area contributed by atoms with Crippen molar-refractivity contribution in [3.05, 3.63) is 65.9 Å². The fourth-order valence-corrected chi connectivity index (χ4v) is 2.81. The van der Waals surface area contributed by atoms with Crippen molar-refractivity contribution in [2.75, 3.05) is 5.32 Å². The monoisotopic (exact) mass is 333 g/mol. The molecule has 7 heteroatoms. The van der Waals surface area contributed by atoms with Gasteiger partial charge in [-0.2, -0.15) is 14.7 Å². The Labute approximate surface area is 145 Å². The second kappa shape index (κ2) is 6.01. The molecule has 0 aliphatic heterocycles. The van der Waals surface area contributed by atoms with Crippen LogP contribution in [0.2, 0.25) is 0 Å². The van der Waals surface area contributed by atoms with Gasteiger partial charge in [0.1, 0.15) is 6.33 Å². The minimum Gasteiger partial charge on any atom is -0.375 e. The molecule has 0 amide bonds. The first-order chi connectivity index (χ1) is 12.1. The molecule has 3 aromatic heterocycles. The van der Waals surface area contributed by atoms with Crippen LogP contribution in [0, 0.1) is 13.8 Å². The summed E-state index contributed by atoms with van der Waals surface area (Å²) in [5.74, 6) is 0. The summed E-state index contributed by atoms with van der Waals surface area (Å²) in [6.07, 6.45) is 5.54. The maximum absolute atomic E-state index is 4.47. The van der Waals surface area contributed by atoms with Gasteiger partial charge < -0.3 is 5.32 Å². The molecule has 0 aliphatic rings. The number of nitrogens with zero attached hydrogens (tertiary/aromatic N) is 6. The highest BCUT2D eigenvalue weighted by Crippen LogP contribution is 2.26. The molecule has 0 spiro atoms. The summed E-state index contributed by atoms with van der Waals surface area (Å²) >= 11 is 0. The molecule has 4 rings (SSSR count). The zero-order chi connectivity index (χ0) is 17.4. The fourth-order valence-electron chi connectivity index (χ4n) is 2.81. The van der Waals surface area contributed by atoms with E-state index in [4.69, 9.17) is 0 Å². The van der Waals surface area contributed by atoms with E-state index in [-0.39, 0.29) is 6.04 Å². The zero-order valence-electron chi connectivity index (χ0n) is 14.4. The van der Waals surface area contributed by atoms with Crippen molar-refractivity contribution < 1.29 is 0 Å².